The summed E-state index contributed by atoms with van der Waals surface area (Å²) < 4.78 is 19.2. The van der Waals surface area contributed by atoms with Gasteiger partial charge in [0.25, 0.3) is 0 Å². The highest BCUT2D eigenvalue weighted by Gasteiger charge is 2.21. The number of nitrogens with one attached hydrogen (secondary N) is 1. The van der Waals surface area contributed by atoms with Gasteiger partial charge < -0.3 is 10.1 Å². The summed E-state index contributed by atoms with van der Waals surface area (Å²) in [6.07, 6.45) is 9.01. The number of halogens is 1. The van der Waals surface area contributed by atoms with Crippen molar-refractivity contribution in [3.05, 3.63) is 29.6 Å². The van der Waals surface area contributed by atoms with Gasteiger partial charge in [-0.15, -0.1) is 12.3 Å². The van der Waals surface area contributed by atoms with E-state index in [0.717, 1.165) is 12.0 Å². The zero-order chi connectivity index (χ0) is 12.8. The second-order valence-corrected chi connectivity index (χ2v) is 4.54. The summed E-state index contributed by atoms with van der Waals surface area (Å²) in [7, 11) is 0. The Morgan fingerprint density at radius 2 is 2.28 bits per heavy atom. The van der Waals surface area contributed by atoms with E-state index < -0.39 is 0 Å². The Bertz CT molecular complexity index is 435. The van der Waals surface area contributed by atoms with Gasteiger partial charge >= 0.3 is 0 Å². The van der Waals surface area contributed by atoms with Crippen molar-refractivity contribution in [3.8, 4) is 18.1 Å². The maximum absolute atomic E-state index is 13.7. The lowest BCUT2D eigenvalue weighted by atomic mass is 10.2. The highest BCUT2D eigenvalue weighted by Crippen LogP contribution is 2.25. The van der Waals surface area contributed by atoms with Crippen LogP contribution in [0.2, 0.25) is 0 Å². The average molecular weight is 247 g/mol. The predicted molar refractivity (Wildman–Crippen MR) is 69.8 cm³/mol. The molecule has 18 heavy (non-hydrogen) atoms. The van der Waals surface area contributed by atoms with Crippen molar-refractivity contribution < 1.29 is 9.13 Å². The lowest BCUT2D eigenvalue weighted by Crippen LogP contribution is -2.16. The van der Waals surface area contributed by atoms with Crippen LogP contribution < -0.4 is 10.1 Å². The molecule has 96 valence electrons. The normalized spacial score (nSPS) is 14.2. The van der Waals surface area contributed by atoms with Crippen LogP contribution in [0.1, 0.15) is 31.2 Å². The molecule has 2 nitrogen and oxygen atoms in total. The summed E-state index contributed by atoms with van der Waals surface area (Å²) >= 11 is 0. The van der Waals surface area contributed by atoms with Crippen molar-refractivity contribution >= 4 is 0 Å². The lowest BCUT2D eigenvalue weighted by molar-refractivity contribution is 0.293. The molecular weight excluding hydrogens is 229 g/mol. The molecule has 1 aliphatic rings. The van der Waals surface area contributed by atoms with Crippen LogP contribution in [0, 0.1) is 18.2 Å². The minimum absolute atomic E-state index is 0.300. The summed E-state index contributed by atoms with van der Waals surface area (Å²) in [5.41, 5.74) is 0.877. The number of unbranched alkanes of at least 4 members (excludes halogenated alkanes) is 1. The first-order valence-electron chi connectivity index (χ1n) is 6.38. The van der Waals surface area contributed by atoms with Crippen molar-refractivity contribution in [3.63, 3.8) is 0 Å². The third-order valence-corrected chi connectivity index (χ3v) is 2.92. The fraction of sp³-hybridized carbons (Fsp3) is 0.467. The van der Waals surface area contributed by atoms with Gasteiger partial charge in [0, 0.05) is 24.6 Å². The molecule has 1 aromatic carbocycles. The third kappa shape index (κ3) is 3.75. The largest absolute Gasteiger partial charge is 0.490 e. The molecule has 0 saturated heterocycles. The standard InChI is InChI=1S/C15H18FNO/c1-2-3-4-10-18-15-12(6-5-7-14(15)16)11-17-13-8-9-13/h1,5-7,13,17H,3-4,8-11H2. The molecule has 0 atom stereocenters. The quantitative estimate of drug-likeness (QED) is 0.591. The van der Waals surface area contributed by atoms with E-state index in [1.54, 1.807) is 6.07 Å². The number of benzene rings is 1. The van der Waals surface area contributed by atoms with Gasteiger partial charge in [-0.2, -0.15) is 0 Å². The third-order valence-electron chi connectivity index (χ3n) is 2.92. The summed E-state index contributed by atoms with van der Waals surface area (Å²) in [4.78, 5) is 0. The van der Waals surface area contributed by atoms with Gasteiger partial charge in [0.15, 0.2) is 11.6 Å². The first-order valence-corrected chi connectivity index (χ1v) is 6.38. The molecule has 0 amide bonds. The van der Waals surface area contributed by atoms with Gasteiger partial charge in [-0.1, -0.05) is 12.1 Å². The number of rotatable bonds is 7. The summed E-state index contributed by atoms with van der Waals surface area (Å²) in [6, 6.07) is 5.64. The molecule has 0 heterocycles. The fourth-order valence-electron chi connectivity index (χ4n) is 1.74. The molecule has 0 spiro atoms. The molecule has 0 unspecified atom stereocenters. The van der Waals surface area contributed by atoms with Crippen molar-refractivity contribution in [1.82, 2.24) is 5.32 Å². The number of hydrogen-bond donors (Lipinski definition) is 1. The summed E-state index contributed by atoms with van der Waals surface area (Å²) in [6.45, 7) is 1.12. The van der Waals surface area contributed by atoms with Crippen LogP contribution in [0.3, 0.4) is 0 Å². The number of para-hydroxylation sites is 1. The molecule has 0 bridgehead atoms. The Labute approximate surface area is 108 Å². The fourth-order valence-corrected chi connectivity index (χ4v) is 1.74. The van der Waals surface area contributed by atoms with Gasteiger partial charge in [0.1, 0.15) is 0 Å². The Morgan fingerprint density at radius 1 is 1.44 bits per heavy atom. The molecule has 3 heteroatoms. The molecule has 0 aliphatic heterocycles. The molecule has 1 N–H and O–H groups in total. The lowest BCUT2D eigenvalue weighted by Gasteiger charge is -2.12. The maximum atomic E-state index is 13.7. The average Bonchev–Trinajstić information content (AvgIpc) is 3.18. The number of hydrogen-bond acceptors (Lipinski definition) is 2. The molecule has 0 radical (unpaired) electrons. The molecule has 1 fully saturated rings. The van der Waals surface area contributed by atoms with E-state index in [2.05, 4.69) is 11.2 Å². The number of terminal acetylenes is 1. The summed E-state index contributed by atoms with van der Waals surface area (Å²) in [5.74, 6) is 2.61. The molecule has 1 aliphatic carbocycles. The van der Waals surface area contributed by atoms with Crippen LogP contribution in [0.25, 0.3) is 0 Å². The summed E-state index contributed by atoms with van der Waals surface area (Å²) in [5, 5.41) is 3.36. The van der Waals surface area contributed by atoms with E-state index in [0.29, 0.717) is 31.4 Å². The molecule has 1 aromatic rings. The highest BCUT2D eigenvalue weighted by molar-refractivity contribution is 5.35. The second-order valence-electron chi connectivity index (χ2n) is 4.54. The Morgan fingerprint density at radius 3 is 3.00 bits per heavy atom. The Balaban J connectivity index is 1.93. The monoisotopic (exact) mass is 247 g/mol. The van der Waals surface area contributed by atoms with E-state index in [9.17, 15) is 4.39 Å². The van der Waals surface area contributed by atoms with E-state index in [1.165, 1.54) is 18.9 Å². The van der Waals surface area contributed by atoms with E-state index in [-0.39, 0.29) is 5.82 Å². The van der Waals surface area contributed by atoms with Gasteiger partial charge in [-0.25, -0.2) is 4.39 Å². The van der Waals surface area contributed by atoms with Crippen LogP contribution in [-0.2, 0) is 6.54 Å². The first-order chi connectivity index (χ1) is 8.81. The van der Waals surface area contributed by atoms with Crippen molar-refractivity contribution in [2.75, 3.05) is 6.61 Å². The highest BCUT2D eigenvalue weighted by atomic mass is 19.1. The van der Waals surface area contributed by atoms with Gasteiger partial charge in [0.05, 0.1) is 6.61 Å². The first kappa shape index (κ1) is 12.9. The van der Waals surface area contributed by atoms with Gasteiger partial charge in [-0.05, 0) is 25.3 Å². The van der Waals surface area contributed by atoms with E-state index in [4.69, 9.17) is 11.2 Å². The van der Waals surface area contributed by atoms with Crippen LogP contribution in [-0.4, -0.2) is 12.6 Å². The molecular formula is C15H18FNO. The van der Waals surface area contributed by atoms with Crippen LogP contribution >= 0.6 is 0 Å². The zero-order valence-electron chi connectivity index (χ0n) is 10.4. The molecule has 1 saturated carbocycles. The second kappa shape index (κ2) is 6.42. The van der Waals surface area contributed by atoms with Crippen molar-refractivity contribution in [2.24, 2.45) is 0 Å². The molecule has 2 rings (SSSR count). The van der Waals surface area contributed by atoms with E-state index >= 15 is 0 Å². The zero-order valence-corrected chi connectivity index (χ0v) is 10.4. The van der Waals surface area contributed by atoms with Gasteiger partial charge in [0.2, 0.25) is 0 Å². The van der Waals surface area contributed by atoms with E-state index in [1.807, 2.05) is 6.07 Å². The van der Waals surface area contributed by atoms with Crippen molar-refractivity contribution in [2.45, 2.75) is 38.3 Å². The van der Waals surface area contributed by atoms with Crippen molar-refractivity contribution in [1.29, 1.82) is 0 Å². The molecule has 0 aromatic heterocycles. The SMILES string of the molecule is C#CCCCOc1c(F)cccc1CNC1CC1. The number of ether oxygens (including phenoxy) is 1. The minimum atomic E-state index is -0.300. The minimum Gasteiger partial charge on any atom is -0.490 e. The van der Waals surface area contributed by atoms with Crippen LogP contribution in [0.4, 0.5) is 4.39 Å². The van der Waals surface area contributed by atoms with Gasteiger partial charge in [-0.3, -0.25) is 0 Å². The van der Waals surface area contributed by atoms with Crippen LogP contribution in [0.15, 0.2) is 18.2 Å². The Hall–Kier alpha value is -1.53. The topological polar surface area (TPSA) is 21.3 Å². The predicted octanol–water partition coefficient (Wildman–Crippen LogP) is 2.87. The maximum Gasteiger partial charge on any atom is 0.165 e. The smallest absolute Gasteiger partial charge is 0.165 e. The van der Waals surface area contributed by atoms with Crippen LogP contribution in [0.5, 0.6) is 5.75 Å². The Kier molecular flexibility index (Phi) is 4.60.